The maximum Gasteiger partial charge on any atom is 0.0593 e. The second-order valence-electron chi connectivity index (χ2n) is 6.16. The fourth-order valence-corrected chi connectivity index (χ4v) is 3.53. The monoisotopic (exact) mass is 290 g/mol. The summed E-state index contributed by atoms with van der Waals surface area (Å²) >= 11 is 0. The molecule has 0 saturated carbocycles. The number of likely N-dealkylation sites (N-methyl/N-ethyl adjacent to an activating group) is 1. The Morgan fingerprint density at radius 2 is 2.05 bits per heavy atom. The van der Waals surface area contributed by atoms with Crippen LogP contribution in [0.5, 0.6) is 0 Å². The van der Waals surface area contributed by atoms with Gasteiger partial charge in [0.1, 0.15) is 0 Å². The maximum atomic E-state index is 6.23. The first-order valence-corrected chi connectivity index (χ1v) is 8.34. The summed E-state index contributed by atoms with van der Waals surface area (Å²) in [5.74, 6) is 0. The number of nitrogens with zero attached hydrogens (tertiary/aromatic N) is 1. The van der Waals surface area contributed by atoms with Gasteiger partial charge in [0.25, 0.3) is 0 Å². The molecular weight excluding hydrogens is 260 g/mol. The number of benzene rings is 1. The van der Waals surface area contributed by atoms with E-state index in [0.717, 1.165) is 45.5 Å². The molecule has 2 atom stereocenters. The van der Waals surface area contributed by atoms with Crippen LogP contribution in [0.15, 0.2) is 30.3 Å². The van der Waals surface area contributed by atoms with E-state index in [0.29, 0.717) is 6.10 Å². The van der Waals surface area contributed by atoms with Crippen LogP contribution in [0.25, 0.3) is 0 Å². The van der Waals surface area contributed by atoms with Crippen molar-refractivity contribution in [1.29, 1.82) is 0 Å². The lowest BCUT2D eigenvalue weighted by atomic mass is 9.83. The van der Waals surface area contributed by atoms with Gasteiger partial charge in [-0.05, 0) is 31.4 Å². The first-order valence-electron chi connectivity index (χ1n) is 8.34. The summed E-state index contributed by atoms with van der Waals surface area (Å²) in [5, 5.41) is 0. The van der Waals surface area contributed by atoms with Crippen molar-refractivity contribution in [1.82, 2.24) is 4.90 Å². The third-order valence-corrected chi connectivity index (χ3v) is 4.79. The highest BCUT2D eigenvalue weighted by atomic mass is 16.5. The van der Waals surface area contributed by atoms with E-state index in [-0.39, 0.29) is 5.54 Å². The van der Waals surface area contributed by atoms with Crippen molar-refractivity contribution in [3.05, 3.63) is 35.9 Å². The minimum absolute atomic E-state index is 0.0999. The molecule has 3 heteroatoms. The SMILES string of the molecule is CCCC1CC(CN)(N(CC)Cc2ccccc2)CCO1. The highest BCUT2D eigenvalue weighted by Gasteiger charge is 2.39. The molecule has 0 spiro atoms. The van der Waals surface area contributed by atoms with E-state index >= 15 is 0 Å². The zero-order valence-electron chi connectivity index (χ0n) is 13.6. The van der Waals surface area contributed by atoms with Gasteiger partial charge < -0.3 is 10.5 Å². The van der Waals surface area contributed by atoms with Gasteiger partial charge in [-0.15, -0.1) is 0 Å². The molecule has 2 N–H and O–H groups in total. The van der Waals surface area contributed by atoms with Crippen LogP contribution in [-0.4, -0.2) is 36.2 Å². The van der Waals surface area contributed by atoms with E-state index in [4.69, 9.17) is 10.5 Å². The molecule has 3 nitrogen and oxygen atoms in total. The molecule has 1 fully saturated rings. The summed E-state index contributed by atoms with van der Waals surface area (Å²) in [6, 6.07) is 10.7. The van der Waals surface area contributed by atoms with Crippen LogP contribution in [0.3, 0.4) is 0 Å². The Hall–Kier alpha value is -0.900. The largest absolute Gasteiger partial charge is 0.378 e. The number of ether oxygens (including phenoxy) is 1. The highest BCUT2D eigenvalue weighted by Crippen LogP contribution is 2.33. The fourth-order valence-electron chi connectivity index (χ4n) is 3.53. The fraction of sp³-hybridized carbons (Fsp3) is 0.667. The molecule has 1 aromatic carbocycles. The number of rotatable bonds is 7. The topological polar surface area (TPSA) is 38.5 Å². The third-order valence-electron chi connectivity index (χ3n) is 4.79. The molecule has 2 unspecified atom stereocenters. The molecule has 0 bridgehead atoms. The minimum Gasteiger partial charge on any atom is -0.378 e. The number of nitrogens with two attached hydrogens (primary N) is 1. The van der Waals surface area contributed by atoms with E-state index < -0.39 is 0 Å². The van der Waals surface area contributed by atoms with Crippen LogP contribution < -0.4 is 5.73 Å². The molecule has 2 rings (SSSR count). The van der Waals surface area contributed by atoms with Crippen molar-refractivity contribution < 1.29 is 4.74 Å². The molecule has 0 amide bonds. The lowest BCUT2D eigenvalue weighted by molar-refractivity contribution is -0.0753. The molecule has 1 aliphatic heterocycles. The van der Waals surface area contributed by atoms with Gasteiger partial charge in [-0.25, -0.2) is 0 Å². The Morgan fingerprint density at radius 3 is 2.67 bits per heavy atom. The minimum atomic E-state index is 0.0999. The van der Waals surface area contributed by atoms with Crippen molar-refractivity contribution in [3.63, 3.8) is 0 Å². The summed E-state index contributed by atoms with van der Waals surface area (Å²) < 4.78 is 5.94. The summed E-state index contributed by atoms with van der Waals surface area (Å²) in [5.41, 5.74) is 7.70. The van der Waals surface area contributed by atoms with Gasteiger partial charge in [0.2, 0.25) is 0 Å². The van der Waals surface area contributed by atoms with E-state index in [2.05, 4.69) is 49.1 Å². The van der Waals surface area contributed by atoms with Crippen molar-refractivity contribution in [2.45, 2.75) is 57.7 Å². The first-order chi connectivity index (χ1) is 10.2. The number of hydrogen-bond acceptors (Lipinski definition) is 3. The van der Waals surface area contributed by atoms with Crippen molar-refractivity contribution in [2.24, 2.45) is 5.73 Å². The molecule has 0 aromatic heterocycles. The maximum absolute atomic E-state index is 6.23. The Morgan fingerprint density at radius 1 is 1.29 bits per heavy atom. The number of hydrogen-bond donors (Lipinski definition) is 1. The van der Waals surface area contributed by atoms with Gasteiger partial charge >= 0.3 is 0 Å². The lowest BCUT2D eigenvalue weighted by Crippen LogP contribution is -2.58. The molecule has 1 aliphatic rings. The molecule has 1 heterocycles. The average Bonchev–Trinajstić information content (AvgIpc) is 2.54. The Kier molecular flexibility index (Phi) is 6.22. The predicted molar refractivity (Wildman–Crippen MR) is 88.2 cm³/mol. The summed E-state index contributed by atoms with van der Waals surface area (Å²) in [6.45, 7) is 8.04. The van der Waals surface area contributed by atoms with Crippen LogP contribution in [0, 0.1) is 0 Å². The Labute approximate surface area is 129 Å². The van der Waals surface area contributed by atoms with Crippen LogP contribution in [0.1, 0.15) is 45.1 Å². The molecule has 0 aliphatic carbocycles. The van der Waals surface area contributed by atoms with Gasteiger partial charge in [0.05, 0.1) is 6.10 Å². The molecule has 0 radical (unpaired) electrons. The average molecular weight is 290 g/mol. The molecule has 1 aromatic rings. The van der Waals surface area contributed by atoms with Crippen molar-refractivity contribution >= 4 is 0 Å². The van der Waals surface area contributed by atoms with Crippen LogP contribution >= 0.6 is 0 Å². The summed E-state index contributed by atoms with van der Waals surface area (Å²) in [4.78, 5) is 2.56. The summed E-state index contributed by atoms with van der Waals surface area (Å²) in [6.07, 6.45) is 4.81. The second kappa shape index (κ2) is 7.92. The Balaban J connectivity index is 2.12. The van der Waals surface area contributed by atoms with Gasteiger partial charge in [-0.3, -0.25) is 4.90 Å². The van der Waals surface area contributed by atoms with E-state index in [9.17, 15) is 0 Å². The van der Waals surface area contributed by atoms with Crippen molar-refractivity contribution in [3.8, 4) is 0 Å². The molecule has 1 saturated heterocycles. The smallest absolute Gasteiger partial charge is 0.0593 e. The normalized spacial score (nSPS) is 26.2. The van der Waals surface area contributed by atoms with Gasteiger partial charge in [-0.2, -0.15) is 0 Å². The van der Waals surface area contributed by atoms with Crippen LogP contribution in [-0.2, 0) is 11.3 Å². The second-order valence-corrected chi connectivity index (χ2v) is 6.16. The van der Waals surface area contributed by atoms with Crippen LogP contribution in [0.4, 0.5) is 0 Å². The van der Waals surface area contributed by atoms with Gasteiger partial charge in [0, 0.05) is 25.2 Å². The third kappa shape index (κ3) is 4.06. The van der Waals surface area contributed by atoms with Crippen LogP contribution in [0.2, 0.25) is 0 Å². The zero-order chi connectivity index (χ0) is 15.1. The van der Waals surface area contributed by atoms with E-state index in [1.165, 1.54) is 12.0 Å². The first kappa shape index (κ1) is 16.5. The molecule has 21 heavy (non-hydrogen) atoms. The standard InChI is InChI=1S/C18H30N2O/c1-3-8-17-13-18(15-19,11-12-21-17)20(4-2)14-16-9-6-5-7-10-16/h5-7,9-10,17H,3-4,8,11-15,19H2,1-2H3. The zero-order valence-corrected chi connectivity index (χ0v) is 13.6. The molecule has 118 valence electrons. The van der Waals surface area contributed by atoms with Crippen molar-refractivity contribution in [2.75, 3.05) is 19.7 Å². The lowest BCUT2D eigenvalue weighted by Gasteiger charge is -2.48. The van der Waals surface area contributed by atoms with Gasteiger partial charge in [-0.1, -0.05) is 50.6 Å². The predicted octanol–water partition coefficient (Wildman–Crippen LogP) is 3.19. The molecular formula is C18H30N2O. The van der Waals surface area contributed by atoms with E-state index in [1.54, 1.807) is 0 Å². The van der Waals surface area contributed by atoms with E-state index in [1.807, 2.05) is 0 Å². The van der Waals surface area contributed by atoms with Gasteiger partial charge in [0.15, 0.2) is 0 Å². The highest BCUT2D eigenvalue weighted by molar-refractivity contribution is 5.15. The summed E-state index contributed by atoms with van der Waals surface area (Å²) in [7, 11) is 0. The quantitative estimate of drug-likeness (QED) is 0.838. The Bertz CT molecular complexity index is 407.